The van der Waals surface area contributed by atoms with Gasteiger partial charge in [0.15, 0.2) is 0 Å². The Labute approximate surface area is 93.3 Å². The van der Waals surface area contributed by atoms with Crippen molar-refractivity contribution in [3.05, 3.63) is 35.4 Å². The molecular formula is C12H11NO3. The largest absolute Gasteiger partial charge is 0.478 e. The van der Waals surface area contributed by atoms with Crippen molar-refractivity contribution in [1.82, 2.24) is 5.32 Å². The summed E-state index contributed by atoms with van der Waals surface area (Å²) < 4.78 is 0. The molecule has 0 aromatic heterocycles. The minimum absolute atomic E-state index is 0.0180. The zero-order valence-electron chi connectivity index (χ0n) is 8.56. The fraction of sp³-hybridized carbons (Fsp3) is 0.167. The molecule has 0 unspecified atom stereocenters. The van der Waals surface area contributed by atoms with Gasteiger partial charge in [0.25, 0.3) is 0 Å². The number of rotatable bonds is 4. The first-order valence-corrected chi connectivity index (χ1v) is 4.66. The van der Waals surface area contributed by atoms with E-state index in [2.05, 4.69) is 11.2 Å². The molecule has 0 aliphatic heterocycles. The fourth-order valence-corrected chi connectivity index (χ4v) is 1.27. The van der Waals surface area contributed by atoms with E-state index < -0.39 is 5.97 Å². The Morgan fingerprint density at radius 1 is 1.38 bits per heavy atom. The second kappa shape index (κ2) is 5.56. The molecule has 0 saturated heterocycles. The van der Waals surface area contributed by atoms with Crippen molar-refractivity contribution in [2.45, 2.75) is 6.42 Å². The number of amides is 1. The molecule has 0 fully saturated rings. The highest BCUT2D eigenvalue weighted by Crippen LogP contribution is 2.09. The molecule has 1 amide bonds. The topological polar surface area (TPSA) is 66.4 Å². The molecule has 4 nitrogen and oxygen atoms in total. The Kier molecular flexibility index (Phi) is 4.10. The van der Waals surface area contributed by atoms with Gasteiger partial charge in [-0.15, -0.1) is 6.42 Å². The number of terminal acetylenes is 1. The van der Waals surface area contributed by atoms with Crippen molar-refractivity contribution < 1.29 is 14.7 Å². The zero-order chi connectivity index (χ0) is 12.0. The van der Waals surface area contributed by atoms with Crippen molar-refractivity contribution in [3.8, 4) is 12.3 Å². The van der Waals surface area contributed by atoms with Gasteiger partial charge in [0.2, 0.25) is 5.91 Å². The first-order valence-electron chi connectivity index (χ1n) is 4.66. The maximum atomic E-state index is 11.3. The monoisotopic (exact) mass is 217 g/mol. The van der Waals surface area contributed by atoms with E-state index in [4.69, 9.17) is 11.5 Å². The van der Waals surface area contributed by atoms with Gasteiger partial charge >= 0.3 is 5.97 Å². The molecule has 0 saturated carbocycles. The van der Waals surface area contributed by atoms with Crippen LogP contribution in [0.4, 0.5) is 0 Å². The number of hydrogen-bond donors (Lipinski definition) is 2. The van der Waals surface area contributed by atoms with Gasteiger partial charge in [-0.1, -0.05) is 24.1 Å². The molecule has 2 N–H and O–H groups in total. The molecule has 0 heterocycles. The Morgan fingerprint density at radius 2 is 2.06 bits per heavy atom. The summed E-state index contributed by atoms with van der Waals surface area (Å²) in [5, 5.41) is 11.4. The van der Waals surface area contributed by atoms with Crippen LogP contribution in [0.15, 0.2) is 24.3 Å². The van der Waals surface area contributed by atoms with E-state index in [0.29, 0.717) is 5.56 Å². The summed E-state index contributed by atoms with van der Waals surface area (Å²) in [7, 11) is 0. The molecule has 16 heavy (non-hydrogen) atoms. The van der Waals surface area contributed by atoms with Gasteiger partial charge in [-0.25, -0.2) is 4.79 Å². The average molecular weight is 217 g/mol. The van der Waals surface area contributed by atoms with E-state index in [1.807, 2.05) is 0 Å². The van der Waals surface area contributed by atoms with E-state index in [0.717, 1.165) is 0 Å². The number of hydrogen-bond acceptors (Lipinski definition) is 2. The van der Waals surface area contributed by atoms with Gasteiger partial charge in [-0.2, -0.15) is 0 Å². The van der Waals surface area contributed by atoms with Crippen molar-refractivity contribution in [2.75, 3.05) is 6.54 Å². The van der Waals surface area contributed by atoms with Gasteiger partial charge in [0, 0.05) is 0 Å². The molecule has 0 atom stereocenters. The minimum atomic E-state index is -1.04. The summed E-state index contributed by atoms with van der Waals surface area (Å²) in [6.45, 7) is 0.147. The first kappa shape index (κ1) is 11.8. The summed E-state index contributed by atoms with van der Waals surface area (Å²) in [5.41, 5.74) is 0.614. The number of carboxylic acid groups (broad SMARTS) is 1. The fourth-order valence-electron chi connectivity index (χ4n) is 1.27. The highest BCUT2D eigenvalue weighted by Gasteiger charge is 2.11. The SMILES string of the molecule is C#CCNC(=O)Cc1ccccc1C(=O)O. The third kappa shape index (κ3) is 3.14. The Morgan fingerprint density at radius 3 is 2.69 bits per heavy atom. The summed E-state index contributed by atoms with van der Waals surface area (Å²) in [6, 6.07) is 6.38. The van der Waals surface area contributed by atoms with Crippen molar-refractivity contribution in [2.24, 2.45) is 0 Å². The van der Waals surface area contributed by atoms with Gasteiger partial charge in [0.1, 0.15) is 0 Å². The van der Waals surface area contributed by atoms with Crippen molar-refractivity contribution >= 4 is 11.9 Å². The third-order valence-electron chi connectivity index (χ3n) is 1.99. The number of carbonyl (C=O) groups excluding carboxylic acids is 1. The lowest BCUT2D eigenvalue weighted by molar-refractivity contribution is -0.120. The van der Waals surface area contributed by atoms with E-state index in [-0.39, 0.29) is 24.4 Å². The van der Waals surface area contributed by atoms with Gasteiger partial charge in [0.05, 0.1) is 18.5 Å². The van der Waals surface area contributed by atoms with Crippen LogP contribution in [0.25, 0.3) is 0 Å². The molecule has 4 heteroatoms. The maximum Gasteiger partial charge on any atom is 0.335 e. The first-order chi connectivity index (χ1) is 7.65. The highest BCUT2D eigenvalue weighted by molar-refractivity contribution is 5.91. The molecule has 0 aliphatic carbocycles. The normalized spacial score (nSPS) is 9.19. The molecule has 1 rings (SSSR count). The zero-order valence-corrected chi connectivity index (χ0v) is 8.56. The predicted octanol–water partition coefficient (Wildman–Crippen LogP) is 0.677. The molecule has 0 spiro atoms. The van der Waals surface area contributed by atoms with Crippen LogP contribution in [0.1, 0.15) is 15.9 Å². The minimum Gasteiger partial charge on any atom is -0.478 e. The quantitative estimate of drug-likeness (QED) is 0.729. The standard InChI is InChI=1S/C12H11NO3/c1-2-7-13-11(14)8-9-5-3-4-6-10(9)12(15)16/h1,3-6H,7-8H2,(H,13,14)(H,15,16). The van der Waals surface area contributed by atoms with Crippen LogP contribution in [0.3, 0.4) is 0 Å². The van der Waals surface area contributed by atoms with E-state index in [1.54, 1.807) is 18.2 Å². The predicted molar refractivity (Wildman–Crippen MR) is 58.9 cm³/mol. The van der Waals surface area contributed by atoms with Crippen LogP contribution in [0.2, 0.25) is 0 Å². The lowest BCUT2D eigenvalue weighted by Crippen LogP contribution is -2.25. The number of carbonyl (C=O) groups is 2. The number of aromatic carboxylic acids is 1. The van der Waals surface area contributed by atoms with Gasteiger partial charge in [-0.3, -0.25) is 4.79 Å². The molecule has 1 aromatic carbocycles. The third-order valence-corrected chi connectivity index (χ3v) is 1.99. The van der Waals surface area contributed by atoms with E-state index in [9.17, 15) is 9.59 Å². The number of nitrogens with one attached hydrogen (secondary N) is 1. The summed E-state index contributed by atoms with van der Waals surface area (Å²) in [4.78, 5) is 22.2. The molecule has 1 aromatic rings. The van der Waals surface area contributed by atoms with Gasteiger partial charge < -0.3 is 10.4 Å². The van der Waals surface area contributed by atoms with Gasteiger partial charge in [-0.05, 0) is 11.6 Å². The molecule has 82 valence electrons. The second-order valence-electron chi connectivity index (χ2n) is 3.12. The Balaban J connectivity index is 2.77. The Bertz CT molecular complexity index is 446. The molecule has 0 aliphatic rings. The second-order valence-corrected chi connectivity index (χ2v) is 3.12. The molecule has 0 bridgehead atoms. The number of carboxylic acids is 1. The smallest absolute Gasteiger partial charge is 0.335 e. The summed E-state index contributed by atoms with van der Waals surface area (Å²) in [5.74, 6) is 0.947. The number of benzene rings is 1. The Hall–Kier alpha value is -2.28. The van der Waals surface area contributed by atoms with Crippen LogP contribution in [-0.4, -0.2) is 23.5 Å². The van der Waals surface area contributed by atoms with Crippen LogP contribution < -0.4 is 5.32 Å². The maximum absolute atomic E-state index is 11.3. The van der Waals surface area contributed by atoms with Crippen LogP contribution in [-0.2, 0) is 11.2 Å². The van der Waals surface area contributed by atoms with Crippen LogP contribution in [0.5, 0.6) is 0 Å². The lowest BCUT2D eigenvalue weighted by atomic mass is 10.0. The summed E-state index contributed by atoms with van der Waals surface area (Å²) in [6.07, 6.45) is 5.01. The molecular weight excluding hydrogens is 206 g/mol. The van der Waals surface area contributed by atoms with Crippen LogP contribution in [0, 0.1) is 12.3 Å². The highest BCUT2D eigenvalue weighted by atomic mass is 16.4. The molecule has 0 radical (unpaired) electrons. The summed E-state index contributed by atoms with van der Waals surface area (Å²) >= 11 is 0. The average Bonchev–Trinajstić information content (AvgIpc) is 2.27. The van der Waals surface area contributed by atoms with Crippen molar-refractivity contribution in [1.29, 1.82) is 0 Å². The lowest BCUT2D eigenvalue weighted by Gasteiger charge is -2.05. The van der Waals surface area contributed by atoms with Crippen LogP contribution >= 0.6 is 0 Å². The van der Waals surface area contributed by atoms with E-state index >= 15 is 0 Å². The van der Waals surface area contributed by atoms with E-state index in [1.165, 1.54) is 6.07 Å². The van der Waals surface area contributed by atoms with Crippen molar-refractivity contribution in [3.63, 3.8) is 0 Å².